The monoisotopic (exact) mass is 299 g/mol. The topological polar surface area (TPSA) is 86.5 Å². The second-order valence-electron chi connectivity index (χ2n) is 4.63. The van der Waals surface area contributed by atoms with Gasteiger partial charge in [-0.3, -0.25) is 4.79 Å². The number of carbonyl (C=O) groups is 1. The van der Waals surface area contributed by atoms with Crippen molar-refractivity contribution in [3.05, 3.63) is 35.9 Å². The zero-order valence-electron chi connectivity index (χ0n) is 11.8. The third kappa shape index (κ3) is 3.58. The highest BCUT2D eigenvalue weighted by atomic mass is 32.2. The summed E-state index contributed by atoms with van der Waals surface area (Å²) in [5.74, 6) is -0.550. The van der Waals surface area contributed by atoms with Crippen molar-refractivity contribution >= 4 is 15.8 Å². The molecule has 0 radical (unpaired) electrons. The van der Waals surface area contributed by atoms with Crippen LogP contribution >= 0.6 is 0 Å². The van der Waals surface area contributed by atoms with Gasteiger partial charge in [-0.15, -0.1) is 0 Å². The minimum Gasteiger partial charge on any atom is -0.468 e. The number of methoxy groups -OCH3 is 1. The van der Waals surface area contributed by atoms with E-state index in [4.69, 9.17) is 10.5 Å². The predicted molar refractivity (Wildman–Crippen MR) is 78.1 cm³/mol. The second kappa shape index (κ2) is 6.85. The average Bonchev–Trinajstić information content (AvgIpc) is 2.49. The number of ether oxygens (including phenoxy) is 1. The van der Waals surface area contributed by atoms with Crippen molar-refractivity contribution in [1.29, 1.82) is 0 Å². The summed E-state index contributed by atoms with van der Waals surface area (Å²) in [5, 5.41) is 0. The molecule has 1 rings (SSSR count). The van der Waals surface area contributed by atoms with Crippen LogP contribution in [0.25, 0.3) is 0 Å². The Morgan fingerprint density at radius 3 is 2.35 bits per heavy atom. The summed E-state index contributed by atoms with van der Waals surface area (Å²) in [6.07, 6.45) is 0.121. The molecule has 1 aromatic rings. The van der Waals surface area contributed by atoms with Gasteiger partial charge in [0.05, 0.1) is 12.9 Å². The highest BCUT2D eigenvalue weighted by molar-refractivity contribution is 7.91. The fraction of sp³-hybridized carbons (Fsp3) is 0.500. The van der Waals surface area contributed by atoms with Gasteiger partial charge in [-0.05, 0) is 12.0 Å². The first-order valence-corrected chi connectivity index (χ1v) is 8.28. The zero-order chi connectivity index (χ0) is 15.2. The van der Waals surface area contributed by atoms with Crippen molar-refractivity contribution in [2.45, 2.75) is 18.8 Å². The molecule has 2 N–H and O–H groups in total. The Bertz CT molecular complexity index is 542. The van der Waals surface area contributed by atoms with Gasteiger partial charge in [-0.1, -0.05) is 37.3 Å². The minimum atomic E-state index is -3.18. The highest BCUT2D eigenvalue weighted by Crippen LogP contribution is 2.29. The summed E-state index contributed by atoms with van der Waals surface area (Å²) in [7, 11) is -1.89. The fourth-order valence-corrected chi connectivity index (χ4v) is 3.04. The molecule has 0 saturated heterocycles. The highest BCUT2D eigenvalue weighted by Gasteiger charge is 2.40. The van der Waals surface area contributed by atoms with E-state index in [0.717, 1.165) is 0 Å². The van der Waals surface area contributed by atoms with E-state index in [-0.39, 0.29) is 24.5 Å². The lowest BCUT2D eigenvalue weighted by molar-refractivity contribution is -0.147. The number of esters is 1. The quantitative estimate of drug-likeness (QED) is 0.755. The largest absolute Gasteiger partial charge is 0.468 e. The van der Waals surface area contributed by atoms with Gasteiger partial charge in [0.25, 0.3) is 0 Å². The Labute approximate surface area is 120 Å². The summed E-state index contributed by atoms with van der Waals surface area (Å²) in [6.45, 7) is 1.59. The van der Waals surface area contributed by atoms with Crippen LogP contribution in [0, 0.1) is 0 Å². The Kier molecular flexibility index (Phi) is 5.71. The van der Waals surface area contributed by atoms with E-state index in [1.165, 1.54) is 7.11 Å². The van der Waals surface area contributed by atoms with E-state index in [1.807, 2.05) is 6.07 Å². The van der Waals surface area contributed by atoms with E-state index in [2.05, 4.69) is 0 Å². The number of hydrogen-bond donors (Lipinski definition) is 1. The molecule has 1 atom stereocenters. The molecule has 0 heterocycles. The molecule has 0 aromatic heterocycles. The molecule has 0 aliphatic rings. The normalized spacial score (nSPS) is 14.6. The Balaban J connectivity index is 3.17. The van der Waals surface area contributed by atoms with Crippen LogP contribution in [0.5, 0.6) is 0 Å². The maximum absolute atomic E-state index is 12.2. The first-order chi connectivity index (χ1) is 9.41. The number of benzene rings is 1. The van der Waals surface area contributed by atoms with Gasteiger partial charge < -0.3 is 10.5 Å². The molecule has 0 fully saturated rings. The van der Waals surface area contributed by atoms with Crippen LogP contribution in [0.15, 0.2) is 30.3 Å². The van der Waals surface area contributed by atoms with Crippen molar-refractivity contribution < 1.29 is 17.9 Å². The summed E-state index contributed by atoms with van der Waals surface area (Å²) in [5.41, 5.74) is 5.36. The minimum absolute atomic E-state index is 0.00290. The van der Waals surface area contributed by atoms with E-state index in [0.29, 0.717) is 5.56 Å². The Hall–Kier alpha value is -1.40. The van der Waals surface area contributed by atoms with Crippen molar-refractivity contribution in [3.63, 3.8) is 0 Å². The van der Waals surface area contributed by atoms with Crippen molar-refractivity contribution in [2.75, 3.05) is 25.2 Å². The van der Waals surface area contributed by atoms with Gasteiger partial charge in [-0.25, -0.2) is 8.42 Å². The standard InChI is InChI=1S/C14H21NO4S/c1-3-20(17,18)10-9-14(11-15,13(16)19-2)12-7-5-4-6-8-12/h4-8H,3,9-11,15H2,1-2H3. The predicted octanol–water partition coefficient (Wildman–Crippen LogP) is 0.881. The van der Waals surface area contributed by atoms with E-state index < -0.39 is 21.2 Å². The molecule has 112 valence electrons. The number of sulfone groups is 1. The summed E-state index contributed by atoms with van der Waals surface area (Å²) in [6, 6.07) is 8.93. The molecule has 0 amide bonds. The van der Waals surface area contributed by atoms with Gasteiger partial charge in [-0.2, -0.15) is 0 Å². The first kappa shape index (κ1) is 16.7. The number of carbonyl (C=O) groups excluding carboxylic acids is 1. The molecule has 0 spiro atoms. The van der Waals surface area contributed by atoms with Crippen LogP contribution in [0.1, 0.15) is 18.9 Å². The second-order valence-corrected chi connectivity index (χ2v) is 7.10. The van der Waals surface area contributed by atoms with Crippen molar-refractivity contribution in [3.8, 4) is 0 Å². The third-order valence-corrected chi connectivity index (χ3v) is 5.24. The number of nitrogens with two attached hydrogens (primary N) is 1. The fourth-order valence-electron chi connectivity index (χ4n) is 2.09. The van der Waals surface area contributed by atoms with Crippen LogP contribution in [0.2, 0.25) is 0 Å². The van der Waals surface area contributed by atoms with Gasteiger partial charge in [0.15, 0.2) is 0 Å². The van der Waals surface area contributed by atoms with Crippen LogP contribution in [-0.2, 0) is 24.8 Å². The summed E-state index contributed by atoms with van der Waals surface area (Å²) in [4.78, 5) is 12.2. The van der Waals surface area contributed by atoms with Gasteiger partial charge in [0, 0.05) is 12.3 Å². The van der Waals surface area contributed by atoms with Crippen molar-refractivity contribution in [1.82, 2.24) is 0 Å². The molecule has 20 heavy (non-hydrogen) atoms. The average molecular weight is 299 g/mol. The van der Waals surface area contributed by atoms with E-state index in [9.17, 15) is 13.2 Å². The van der Waals surface area contributed by atoms with Gasteiger partial charge in [0.1, 0.15) is 15.3 Å². The number of rotatable bonds is 7. The Morgan fingerprint density at radius 1 is 1.30 bits per heavy atom. The molecule has 0 bridgehead atoms. The lowest BCUT2D eigenvalue weighted by Gasteiger charge is -2.30. The molecular formula is C14H21NO4S. The Morgan fingerprint density at radius 2 is 1.90 bits per heavy atom. The van der Waals surface area contributed by atoms with Gasteiger partial charge >= 0.3 is 5.97 Å². The van der Waals surface area contributed by atoms with Crippen molar-refractivity contribution in [2.24, 2.45) is 5.73 Å². The lowest BCUT2D eigenvalue weighted by Crippen LogP contribution is -2.45. The molecule has 6 heteroatoms. The molecule has 1 aromatic carbocycles. The SMILES string of the molecule is CCS(=O)(=O)CCC(CN)(C(=O)OC)c1ccccc1. The maximum atomic E-state index is 12.2. The molecule has 0 aliphatic heterocycles. The number of hydrogen-bond acceptors (Lipinski definition) is 5. The molecule has 1 unspecified atom stereocenters. The van der Waals surface area contributed by atoms with E-state index >= 15 is 0 Å². The zero-order valence-corrected chi connectivity index (χ0v) is 12.7. The van der Waals surface area contributed by atoms with E-state index in [1.54, 1.807) is 31.2 Å². The molecule has 0 saturated carbocycles. The lowest BCUT2D eigenvalue weighted by atomic mass is 9.78. The molecule has 0 aliphatic carbocycles. The molecule has 5 nitrogen and oxygen atoms in total. The maximum Gasteiger partial charge on any atom is 0.317 e. The summed E-state index contributed by atoms with van der Waals surface area (Å²) < 4.78 is 28.3. The third-order valence-electron chi connectivity index (χ3n) is 3.53. The summed E-state index contributed by atoms with van der Waals surface area (Å²) >= 11 is 0. The first-order valence-electron chi connectivity index (χ1n) is 6.46. The van der Waals surface area contributed by atoms with Crippen LogP contribution < -0.4 is 5.73 Å². The van der Waals surface area contributed by atoms with Crippen LogP contribution in [0.3, 0.4) is 0 Å². The van der Waals surface area contributed by atoms with Gasteiger partial charge in [0.2, 0.25) is 0 Å². The molecular weight excluding hydrogens is 278 g/mol. The van der Waals surface area contributed by atoms with Crippen LogP contribution in [-0.4, -0.2) is 39.5 Å². The van der Waals surface area contributed by atoms with Crippen LogP contribution in [0.4, 0.5) is 0 Å². The smallest absolute Gasteiger partial charge is 0.317 e.